The Balaban J connectivity index is 1.52. The minimum absolute atomic E-state index is 0.763. The second kappa shape index (κ2) is 10.8. The SMILES string of the molecule is Cc1ccc(-c2c3nc(c(-c4ccc(C)cc4)c4ccc(cc5ccc(o5)c(-c5ccc(C)cc5)c5nc2C=C5)[nH]4)C=C3)cc1. The molecule has 0 saturated heterocycles. The number of nitrogens with one attached hydrogen (secondary N) is 1. The number of furan rings is 1. The van der Waals surface area contributed by atoms with Gasteiger partial charge in [-0.3, -0.25) is 0 Å². The molecule has 216 valence electrons. The number of aromatic amines is 1. The lowest BCUT2D eigenvalue weighted by atomic mass is 10.0. The molecule has 6 aromatic rings. The van der Waals surface area contributed by atoms with E-state index in [2.05, 4.69) is 135 Å². The highest BCUT2D eigenvalue weighted by Crippen LogP contribution is 2.37. The maximum absolute atomic E-state index is 6.51. The first-order chi connectivity index (χ1) is 22.0. The topological polar surface area (TPSA) is 54.7 Å². The third-order valence-corrected chi connectivity index (χ3v) is 8.47. The third-order valence-electron chi connectivity index (χ3n) is 8.47. The number of benzene rings is 3. The first-order valence-electron chi connectivity index (χ1n) is 15.2. The maximum atomic E-state index is 6.51. The van der Waals surface area contributed by atoms with E-state index in [-0.39, 0.29) is 0 Å². The number of aryl methyl sites for hydroxylation is 3. The van der Waals surface area contributed by atoms with Crippen molar-refractivity contribution in [2.24, 2.45) is 0 Å². The third kappa shape index (κ3) is 5.00. The molecule has 0 fully saturated rings. The van der Waals surface area contributed by atoms with Crippen LogP contribution in [0.3, 0.4) is 0 Å². The molecule has 3 aromatic heterocycles. The van der Waals surface area contributed by atoms with Gasteiger partial charge in [-0.25, -0.2) is 9.97 Å². The quantitative estimate of drug-likeness (QED) is 0.226. The van der Waals surface area contributed by atoms with Crippen LogP contribution < -0.4 is 0 Å². The summed E-state index contributed by atoms with van der Waals surface area (Å²) in [6, 6.07) is 36.1. The van der Waals surface area contributed by atoms with Gasteiger partial charge in [0.15, 0.2) is 0 Å². The van der Waals surface area contributed by atoms with Gasteiger partial charge in [-0.1, -0.05) is 89.5 Å². The van der Waals surface area contributed by atoms with Crippen LogP contribution in [0.2, 0.25) is 0 Å². The fourth-order valence-electron chi connectivity index (χ4n) is 6.09. The summed E-state index contributed by atoms with van der Waals surface area (Å²) in [4.78, 5) is 14.2. The molecule has 3 aromatic carbocycles. The summed E-state index contributed by atoms with van der Waals surface area (Å²) in [7, 11) is 0. The summed E-state index contributed by atoms with van der Waals surface area (Å²) in [5.41, 5.74) is 16.8. The Bertz CT molecular complexity index is 2170. The lowest BCUT2D eigenvalue weighted by Gasteiger charge is -2.07. The maximum Gasteiger partial charge on any atom is 0.137 e. The monoisotopic (exact) mass is 581 g/mol. The average Bonchev–Trinajstić information content (AvgIpc) is 3.87. The largest absolute Gasteiger partial charge is 0.457 e. The van der Waals surface area contributed by atoms with Gasteiger partial charge in [-0.05, 0) is 86.0 Å². The Kier molecular flexibility index (Phi) is 6.42. The number of hydrogen-bond acceptors (Lipinski definition) is 3. The lowest BCUT2D eigenvalue weighted by Crippen LogP contribution is -1.91. The molecule has 4 nitrogen and oxygen atoms in total. The highest BCUT2D eigenvalue weighted by molar-refractivity contribution is 5.96. The molecule has 0 radical (unpaired) electrons. The van der Waals surface area contributed by atoms with Gasteiger partial charge in [0.25, 0.3) is 0 Å². The van der Waals surface area contributed by atoms with Crippen LogP contribution in [0.5, 0.6) is 0 Å². The van der Waals surface area contributed by atoms with Crippen LogP contribution in [0.15, 0.2) is 108 Å². The number of rotatable bonds is 3. The van der Waals surface area contributed by atoms with Crippen molar-refractivity contribution >= 4 is 46.5 Å². The second-order valence-electron chi connectivity index (χ2n) is 11.8. The van der Waals surface area contributed by atoms with Gasteiger partial charge < -0.3 is 9.40 Å². The van der Waals surface area contributed by atoms with Crippen LogP contribution in [0, 0.1) is 20.8 Å². The van der Waals surface area contributed by atoms with E-state index >= 15 is 0 Å². The first-order valence-corrected chi connectivity index (χ1v) is 15.2. The molecule has 0 unspecified atom stereocenters. The van der Waals surface area contributed by atoms with Crippen molar-refractivity contribution in [3.8, 4) is 33.4 Å². The van der Waals surface area contributed by atoms with E-state index in [4.69, 9.17) is 14.4 Å². The summed E-state index contributed by atoms with van der Waals surface area (Å²) in [6.45, 7) is 6.32. The molecule has 2 aliphatic rings. The minimum Gasteiger partial charge on any atom is -0.457 e. The van der Waals surface area contributed by atoms with E-state index in [0.29, 0.717) is 0 Å². The zero-order valence-corrected chi connectivity index (χ0v) is 25.4. The van der Waals surface area contributed by atoms with E-state index in [1.165, 1.54) is 16.7 Å². The molecular formula is C41H31N3O. The number of hydrogen-bond donors (Lipinski definition) is 1. The van der Waals surface area contributed by atoms with Crippen LogP contribution in [0.4, 0.5) is 0 Å². The van der Waals surface area contributed by atoms with Gasteiger partial charge in [0.05, 0.1) is 28.3 Å². The lowest BCUT2D eigenvalue weighted by molar-refractivity contribution is 0.667. The first kappa shape index (κ1) is 26.9. The Morgan fingerprint density at radius 2 is 0.933 bits per heavy atom. The fraction of sp³-hybridized carbons (Fsp3) is 0.0732. The van der Waals surface area contributed by atoms with Gasteiger partial charge in [-0.2, -0.15) is 0 Å². The molecule has 0 saturated carbocycles. The van der Waals surface area contributed by atoms with Gasteiger partial charge in [0, 0.05) is 28.2 Å². The summed E-state index contributed by atoms with van der Waals surface area (Å²) in [6.07, 6.45) is 8.42. The zero-order chi connectivity index (χ0) is 30.5. The Morgan fingerprint density at radius 1 is 0.467 bits per heavy atom. The molecule has 0 spiro atoms. The predicted molar refractivity (Wildman–Crippen MR) is 187 cm³/mol. The van der Waals surface area contributed by atoms with Crippen molar-refractivity contribution in [2.45, 2.75) is 20.8 Å². The number of nitrogens with zero attached hydrogens (tertiary/aromatic N) is 2. The highest BCUT2D eigenvalue weighted by Gasteiger charge is 2.19. The van der Waals surface area contributed by atoms with E-state index < -0.39 is 0 Å². The van der Waals surface area contributed by atoms with E-state index in [1.54, 1.807) is 0 Å². The highest BCUT2D eigenvalue weighted by atomic mass is 16.3. The van der Waals surface area contributed by atoms with Crippen LogP contribution in [0.25, 0.3) is 79.9 Å². The van der Waals surface area contributed by atoms with Crippen LogP contribution in [-0.2, 0) is 0 Å². The molecular weight excluding hydrogens is 550 g/mol. The summed E-state index contributed by atoms with van der Waals surface area (Å²) >= 11 is 0. The van der Waals surface area contributed by atoms with Crippen molar-refractivity contribution < 1.29 is 4.42 Å². The van der Waals surface area contributed by atoms with Crippen molar-refractivity contribution in [3.05, 3.63) is 143 Å². The molecule has 2 aliphatic heterocycles. The molecule has 0 aliphatic carbocycles. The Morgan fingerprint density at radius 3 is 1.49 bits per heavy atom. The minimum atomic E-state index is 0.763. The Hall–Kier alpha value is -5.74. The van der Waals surface area contributed by atoms with E-state index in [1.807, 2.05) is 18.2 Å². The van der Waals surface area contributed by atoms with Crippen molar-refractivity contribution in [1.29, 1.82) is 0 Å². The molecule has 45 heavy (non-hydrogen) atoms. The summed E-state index contributed by atoms with van der Waals surface area (Å²) < 4.78 is 6.51. The molecule has 1 N–H and O–H groups in total. The van der Waals surface area contributed by atoms with Gasteiger partial charge in [0.2, 0.25) is 0 Å². The number of H-pyrrole nitrogens is 1. The predicted octanol–water partition coefficient (Wildman–Crippen LogP) is 10.8. The molecule has 0 amide bonds. The smallest absolute Gasteiger partial charge is 0.137 e. The standard InChI is InChI=1S/C41H31N3O/c1-25-4-10-28(11-5-25)39-33-18-16-31(42-33)24-32-17-23-38(45-32)41(30-14-8-27(3)9-15-30)37-22-21-36(44-37)40(35-20-19-34(39)43-35)29-12-6-26(2)7-13-29/h4-24,42H,1-3H3. The fourth-order valence-corrected chi connectivity index (χ4v) is 6.09. The second-order valence-corrected chi connectivity index (χ2v) is 11.8. The van der Waals surface area contributed by atoms with Crippen molar-refractivity contribution in [2.75, 3.05) is 0 Å². The normalized spacial score (nSPS) is 12.2. The summed E-state index contributed by atoms with van der Waals surface area (Å²) in [5.74, 6) is 0. The van der Waals surface area contributed by atoms with Crippen LogP contribution in [-0.4, -0.2) is 15.0 Å². The molecule has 5 heterocycles. The Labute approximate surface area is 262 Å². The van der Waals surface area contributed by atoms with Crippen LogP contribution in [0.1, 0.15) is 39.5 Å². The van der Waals surface area contributed by atoms with Gasteiger partial charge >= 0.3 is 0 Å². The van der Waals surface area contributed by atoms with E-state index in [9.17, 15) is 0 Å². The molecule has 4 heteroatoms. The van der Waals surface area contributed by atoms with Crippen molar-refractivity contribution in [1.82, 2.24) is 15.0 Å². The van der Waals surface area contributed by atoms with Gasteiger partial charge in [0.1, 0.15) is 11.2 Å². The van der Waals surface area contributed by atoms with Crippen molar-refractivity contribution in [3.63, 3.8) is 0 Å². The molecule has 8 rings (SSSR count). The average molecular weight is 582 g/mol. The number of aromatic nitrogens is 3. The zero-order valence-electron chi connectivity index (χ0n) is 25.4. The van der Waals surface area contributed by atoms with Crippen LogP contribution >= 0.6 is 0 Å². The molecule has 8 bridgehead atoms. The number of fused-ring (bicyclic) bond motifs is 8. The van der Waals surface area contributed by atoms with E-state index in [0.717, 1.165) is 78.4 Å². The van der Waals surface area contributed by atoms with Gasteiger partial charge in [-0.15, -0.1) is 0 Å². The summed E-state index contributed by atoms with van der Waals surface area (Å²) in [5, 5.41) is 0. The molecule has 0 atom stereocenters.